The predicted molar refractivity (Wildman–Crippen MR) is 298 cm³/mol. The summed E-state index contributed by atoms with van der Waals surface area (Å²) >= 11 is 23.2. The van der Waals surface area contributed by atoms with E-state index in [1.165, 1.54) is 36.4 Å². The van der Waals surface area contributed by atoms with Crippen LogP contribution in [0.1, 0.15) is 27.8 Å². The molecule has 0 atom stereocenters. The smallest absolute Gasteiger partial charge is 0.423 e. The highest BCUT2D eigenvalue weighted by Gasteiger charge is 2.23. The lowest BCUT2D eigenvalue weighted by Gasteiger charge is -2.15. The van der Waals surface area contributed by atoms with Crippen LogP contribution in [-0.2, 0) is 19.7 Å². The molecule has 0 saturated carbocycles. The van der Waals surface area contributed by atoms with Gasteiger partial charge < -0.3 is 10.0 Å². The fraction of sp³-hybridized carbons (Fsp3) is 0.0847. The lowest BCUT2D eigenvalue weighted by molar-refractivity contribution is 0.425. The van der Waals surface area contributed by atoms with Crippen LogP contribution in [0.2, 0.25) is 20.1 Å². The first-order valence-corrected chi connectivity index (χ1v) is 27.1. The zero-order valence-corrected chi connectivity index (χ0v) is 44.6. The number of rotatable bonds is 9. The Kier molecular flexibility index (Phi) is 17.4. The van der Waals surface area contributed by atoms with Gasteiger partial charge in [-0.1, -0.05) is 196 Å². The van der Waals surface area contributed by atoms with Gasteiger partial charge in [0.1, 0.15) is 0 Å². The first kappa shape index (κ1) is 53.8. The van der Waals surface area contributed by atoms with Crippen molar-refractivity contribution in [2.75, 3.05) is 0 Å². The Labute approximate surface area is 443 Å². The molecule has 13 heteroatoms. The van der Waals surface area contributed by atoms with Crippen LogP contribution in [-0.4, -0.2) is 34.0 Å². The van der Waals surface area contributed by atoms with Gasteiger partial charge in [0.15, 0.2) is 0 Å². The maximum atomic E-state index is 14.6. The maximum Gasteiger partial charge on any atom is 0.488 e. The van der Waals surface area contributed by atoms with E-state index in [0.717, 1.165) is 72.3 Å². The van der Waals surface area contributed by atoms with E-state index >= 15 is 0 Å². The maximum absolute atomic E-state index is 14.6. The molecule has 0 radical (unpaired) electrons. The van der Waals surface area contributed by atoms with Crippen molar-refractivity contribution < 1.29 is 26.9 Å². The van der Waals surface area contributed by atoms with Gasteiger partial charge in [-0.2, -0.15) is 0 Å². The normalized spacial score (nSPS) is 11.2. The van der Waals surface area contributed by atoms with Crippen LogP contribution in [0.5, 0.6) is 0 Å². The largest absolute Gasteiger partial charge is 0.488 e. The zero-order chi connectivity index (χ0) is 51.9. The van der Waals surface area contributed by atoms with E-state index in [1.54, 1.807) is 12.1 Å². The third-order valence-electron chi connectivity index (χ3n) is 11.6. The van der Waals surface area contributed by atoms with Crippen LogP contribution in [0.3, 0.4) is 0 Å². The van der Waals surface area contributed by atoms with Crippen LogP contribution in [0.15, 0.2) is 214 Å². The number of sulfone groups is 2. The van der Waals surface area contributed by atoms with Crippen molar-refractivity contribution in [3.05, 3.63) is 242 Å². The monoisotopic (exact) mass is 1070 g/mol. The van der Waals surface area contributed by atoms with Crippen molar-refractivity contribution in [2.45, 2.75) is 54.2 Å². The fourth-order valence-corrected chi connectivity index (χ4v) is 11.6. The molecule has 9 aromatic rings. The molecule has 9 aromatic carbocycles. The van der Waals surface area contributed by atoms with E-state index in [1.807, 2.05) is 91.9 Å². The Morgan fingerprint density at radius 1 is 0.292 bits per heavy atom. The van der Waals surface area contributed by atoms with Crippen LogP contribution >= 0.6 is 46.4 Å². The summed E-state index contributed by atoms with van der Waals surface area (Å²) in [4.78, 5) is 0.529. The molecule has 0 heterocycles. The van der Waals surface area contributed by atoms with Gasteiger partial charge in [-0.05, 0) is 157 Å². The number of hydrogen-bond acceptors (Lipinski definition) is 6. The lowest BCUT2D eigenvalue weighted by Crippen LogP contribution is -2.29. The highest BCUT2D eigenvalue weighted by atomic mass is 35.5. The summed E-state index contributed by atoms with van der Waals surface area (Å²) < 4.78 is 54.0. The van der Waals surface area contributed by atoms with Crippen LogP contribution < -0.4 is 5.46 Å². The molecule has 364 valence electrons. The summed E-state index contributed by atoms with van der Waals surface area (Å²) in [5, 5.41) is 18.3. The molecule has 0 spiro atoms. The molecule has 0 aliphatic heterocycles. The Hall–Kier alpha value is -5.98. The Morgan fingerprint density at radius 2 is 0.500 bits per heavy atom. The third kappa shape index (κ3) is 13.7. The standard InChI is InChI=1S/C40H34O2S.C12H6Cl4O2S.C7H9BO2/c1-27-5-13-31(14-6-27)35-21-36(32-15-7-28(2)8-16-32)24-39(23-35)43(41,42)40-25-37(33-17-9-29(3)10-18-33)22-38(26-40)34-19-11-30(4)12-20-34;13-7-1-8(14)4-11(3-7)19(17,18)12-5-9(15)2-10(16)6-12;1-6-2-4-7(5-3-6)8(9)10/h5-26H,1-4H3;1-6H;2-5,9-10H,1H3. The van der Waals surface area contributed by atoms with Crippen LogP contribution in [0.4, 0.5) is 0 Å². The highest BCUT2D eigenvalue weighted by Crippen LogP contribution is 2.37. The van der Waals surface area contributed by atoms with Gasteiger partial charge in [-0.15, -0.1) is 0 Å². The predicted octanol–water partition coefficient (Wildman–Crippen LogP) is 15.2. The van der Waals surface area contributed by atoms with E-state index in [4.69, 9.17) is 56.5 Å². The summed E-state index contributed by atoms with van der Waals surface area (Å²) in [7, 11) is -9.01. The van der Waals surface area contributed by atoms with E-state index in [9.17, 15) is 16.8 Å². The number of halogens is 4. The van der Waals surface area contributed by atoms with Gasteiger partial charge in [0, 0.05) is 20.1 Å². The summed E-state index contributed by atoms with van der Waals surface area (Å²) in [6, 6.07) is 59.5. The molecule has 0 amide bonds. The van der Waals surface area contributed by atoms with Gasteiger partial charge in [-0.25, -0.2) is 16.8 Å². The molecule has 2 N–H and O–H groups in total. The molecule has 6 nitrogen and oxygen atoms in total. The van der Waals surface area contributed by atoms with Crippen molar-refractivity contribution in [3.8, 4) is 44.5 Å². The number of aryl methyl sites for hydroxylation is 5. The fourth-order valence-electron chi connectivity index (χ4n) is 7.54. The van der Waals surface area contributed by atoms with E-state index in [0.29, 0.717) is 5.46 Å². The summed E-state index contributed by atoms with van der Waals surface area (Å²) in [6.07, 6.45) is 0. The molecule has 0 aliphatic rings. The van der Waals surface area contributed by atoms with Crippen molar-refractivity contribution >= 4 is 78.7 Å². The van der Waals surface area contributed by atoms with Gasteiger partial charge in [-0.3, -0.25) is 0 Å². The Morgan fingerprint density at radius 3 is 0.722 bits per heavy atom. The van der Waals surface area contributed by atoms with Crippen molar-refractivity contribution in [3.63, 3.8) is 0 Å². The quantitative estimate of drug-likeness (QED) is 0.139. The Balaban J connectivity index is 0.000000214. The SMILES string of the molecule is Cc1ccc(-c2cc(-c3ccc(C)cc3)cc(S(=O)(=O)c3cc(-c4ccc(C)cc4)cc(-c4ccc(C)cc4)c3)c2)cc1.Cc1ccc(B(O)O)cc1.O=S(=O)(c1cc(Cl)cc(Cl)c1)c1cc(Cl)cc(Cl)c1. The zero-order valence-electron chi connectivity index (χ0n) is 39.9. The number of benzene rings is 9. The minimum Gasteiger partial charge on any atom is -0.423 e. The van der Waals surface area contributed by atoms with Gasteiger partial charge in [0.2, 0.25) is 19.7 Å². The number of hydrogen-bond donors (Lipinski definition) is 2. The summed E-state index contributed by atoms with van der Waals surface area (Å²) in [5.41, 5.74) is 13.6. The molecule has 72 heavy (non-hydrogen) atoms. The van der Waals surface area contributed by atoms with Crippen molar-refractivity contribution in [1.82, 2.24) is 0 Å². The average molecular weight is 1070 g/mol. The first-order valence-electron chi connectivity index (χ1n) is 22.6. The lowest BCUT2D eigenvalue weighted by atomic mass is 9.80. The second-order valence-corrected chi connectivity index (χ2v) is 23.1. The van der Waals surface area contributed by atoms with Crippen molar-refractivity contribution in [1.29, 1.82) is 0 Å². The molecule has 0 fully saturated rings. The minimum atomic E-state index is -3.89. The molecular formula is C59H49BCl4O6S2. The molecule has 0 aromatic heterocycles. The van der Waals surface area contributed by atoms with Gasteiger partial charge in [0.25, 0.3) is 0 Å². The van der Waals surface area contributed by atoms with Crippen LogP contribution in [0, 0.1) is 34.6 Å². The van der Waals surface area contributed by atoms with E-state index < -0.39 is 26.8 Å². The molecular weight excluding hydrogens is 1020 g/mol. The topological polar surface area (TPSA) is 109 Å². The van der Waals surface area contributed by atoms with E-state index in [2.05, 4.69) is 88.4 Å². The molecule has 0 unspecified atom stereocenters. The summed E-state index contributed by atoms with van der Waals surface area (Å²) in [6.45, 7) is 10.2. The average Bonchev–Trinajstić information content (AvgIpc) is 3.34. The second-order valence-electron chi connectivity index (χ2n) is 17.5. The Bertz CT molecular complexity index is 3220. The van der Waals surface area contributed by atoms with Crippen LogP contribution in [0.25, 0.3) is 44.5 Å². The minimum absolute atomic E-state index is 0.0108. The molecule has 0 bridgehead atoms. The summed E-state index contributed by atoms with van der Waals surface area (Å²) in [5.74, 6) is 0. The highest BCUT2D eigenvalue weighted by molar-refractivity contribution is 7.91. The third-order valence-corrected chi connectivity index (χ3v) is 15.9. The van der Waals surface area contributed by atoms with Crippen molar-refractivity contribution in [2.24, 2.45) is 0 Å². The first-order chi connectivity index (χ1) is 34.1. The molecule has 0 saturated heterocycles. The van der Waals surface area contributed by atoms with E-state index in [-0.39, 0.29) is 39.7 Å². The molecule has 9 rings (SSSR count). The van der Waals surface area contributed by atoms with Gasteiger partial charge in [0.05, 0.1) is 19.6 Å². The molecule has 0 aliphatic carbocycles. The second kappa shape index (κ2) is 23.3. The van der Waals surface area contributed by atoms with Gasteiger partial charge >= 0.3 is 7.12 Å².